The summed E-state index contributed by atoms with van der Waals surface area (Å²) in [6, 6.07) is 13.8. The van der Waals surface area contributed by atoms with Crippen molar-refractivity contribution >= 4 is 34.5 Å². The minimum atomic E-state index is -0.678. The van der Waals surface area contributed by atoms with Gasteiger partial charge in [0, 0.05) is 11.8 Å². The lowest BCUT2D eigenvalue weighted by molar-refractivity contribution is -0.117. The van der Waals surface area contributed by atoms with E-state index in [-0.39, 0.29) is 18.2 Å². The third-order valence-electron chi connectivity index (χ3n) is 4.15. The van der Waals surface area contributed by atoms with Crippen molar-refractivity contribution in [3.8, 4) is 5.75 Å². The molecule has 2 N–H and O–H groups in total. The Kier molecular flexibility index (Phi) is 3.61. The Hall–Kier alpha value is -3.35. The van der Waals surface area contributed by atoms with Gasteiger partial charge in [0.2, 0.25) is 17.8 Å². The largest absolute Gasteiger partial charge is 0.497 e. The Morgan fingerprint density at radius 3 is 2.96 bits per heavy atom. The molecule has 2 aromatic carbocycles. The van der Waals surface area contributed by atoms with Gasteiger partial charge < -0.3 is 15.4 Å². The zero-order valence-corrected chi connectivity index (χ0v) is 13.5. The molecule has 0 fully saturated rings. The van der Waals surface area contributed by atoms with Gasteiger partial charge in [-0.1, -0.05) is 18.2 Å². The lowest BCUT2D eigenvalue weighted by Gasteiger charge is -2.23. The summed E-state index contributed by atoms with van der Waals surface area (Å²) in [5, 5.41) is 5.85. The molecule has 25 heavy (non-hydrogen) atoms. The molecule has 7 nitrogen and oxygen atoms in total. The first kappa shape index (κ1) is 15.2. The van der Waals surface area contributed by atoms with Crippen LogP contribution in [0.15, 0.2) is 48.5 Å². The van der Waals surface area contributed by atoms with Gasteiger partial charge in [0.1, 0.15) is 11.8 Å². The van der Waals surface area contributed by atoms with Crippen molar-refractivity contribution in [3.63, 3.8) is 0 Å². The molecule has 0 aliphatic carbocycles. The summed E-state index contributed by atoms with van der Waals surface area (Å²) < 4.78 is 6.66. The number of imidazole rings is 1. The number of carbonyl (C=O) groups is 2. The molecule has 0 saturated carbocycles. The second kappa shape index (κ2) is 5.94. The maximum Gasteiger partial charge on any atom is 0.247 e. The number of amides is 1. The van der Waals surface area contributed by atoms with Gasteiger partial charge in [-0.15, -0.1) is 0 Å². The van der Waals surface area contributed by atoms with Crippen LogP contribution in [0.25, 0.3) is 11.0 Å². The summed E-state index contributed by atoms with van der Waals surface area (Å²) >= 11 is 0. The second-order valence-corrected chi connectivity index (χ2v) is 5.78. The van der Waals surface area contributed by atoms with Crippen LogP contribution < -0.4 is 15.4 Å². The molecular weight excluding hydrogens is 320 g/mol. The fourth-order valence-electron chi connectivity index (χ4n) is 2.94. The predicted octanol–water partition coefficient (Wildman–Crippen LogP) is 2.51. The van der Waals surface area contributed by atoms with E-state index in [0.717, 1.165) is 5.52 Å². The van der Waals surface area contributed by atoms with E-state index >= 15 is 0 Å². The summed E-state index contributed by atoms with van der Waals surface area (Å²) in [5.41, 5.74) is 2.06. The van der Waals surface area contributed by atoms with Crippen LogP contribution in [0, 0.1) is 0 Å². The lowest BCUT2D eigenvalue weighted by Crippen LogP contribution is -2.42. The number of anilines is 2. The van der Waals surface area contributed by atoms with Crippen molar-refractivity contribution in [2.24, 2.45) is 0 Å². The van der Waals surface area contributed by atoms with Gasteiger partial charge in [0.15, 0.2) is 0 Å². The molecule has 0 saturated heterocycles. The monoisotopic (exact) mass is 336 g/mol. The van der Waals surface area contributed by atoms with E-state index in [1.54, 1.807) is 31.4 Å². The number of hydrogen-bond acceptors (Lipinski definition) is 5. The molecule has 0 radical (unpaired) electrons. The number of benzene rings is 2. The van der Waals surface area contributed by atoms with Crippen molar-refractivity contribution < 1.29 is 14.3 Å². The van der Waals surface area contributed by atoms with Gasteiger partial charge in [0.25, 0.3) is 0 Å². The number of nitrogens with zero attached hydrogens (tertiary/aromatic N) is 2. The normalized spacial score (nSPS) is 16.2. The number of hydrogen-bond donors (Lipinski definition) is 2. The topological polar surface area (TPSA) is 85.2 Å². The molecule has 1 aliphatic rings. The standard InChI is InChI=1S/C18H16N4O3/c1-25-12-6-4-5-11(9-12)19-17(24)14-10-16(23)22-15-8-3-2-7-13(15)20-18(22)21-14/h2-9,14H,10H2,1H3,(H,19,24)(H,20,21)/t14-/m0/s1. The minimum absolute atomic E-state index is 0.0587. The van der Waals surface area contributed by atoms with Gasteiger partial charge in [-0.05, 0) is 24.3 Å². The molecular formula is C18H16N4O3. The highest BCUT2D eigenvalue weighted by atomic mass is 16.5. The van der Waals surface area contributed by atoms with E-state index in [9.17, 15) is 9.59 Å². The number of aromatic nitrogens is 2. The zero-order valence-electron chi connectivity index (χ0n) is 13.5. The first-order chi connectivity index (χ1) is 12.2. The van der Waals surface area contributed by atoms with Crippen LogP contribution in [0.3, 0.4) is 0 Å². The average Bonchev–Trinajstić information content (AvgIpc) is 3.00. The number of ether oxygens (including phenoxy) is 1. The van der Waals surface area contributed by atoms with Crippen LogP contribution in [-0.4, -0.2) is 34.5 Å². The fourth-order valence-corrected chi connectivity index (χ4v) is 2.94. The molecule has 1 amide bonds. The maximum atomic E-state index is 12.5. The summed E-state index contributed by atoms with van der Waals surface area (Å²) in [6.45, 7) is 0. The van der Waals surface area contributed by atoms with Crippen molar-refractivity contribution in [1.82, 2.24) is 9.55 Å². The summed E-state index contributed by atoms with van der Waals surface area (Å²) in [5.74, 6) is 0.587. The number of rotatable bonds is 3. The van der Waals surface area contributed by atoms with Crippen LogP contribution in [-0.2, 0) is 4.79 Å². The van der Waals surface area contributed by atoms with Crippen molar-refractivity contribution in [2.45, 2.75) is 12.5 Å². The van der Waals surface area contributed by atoms with Gasteiger partial charge in [-0.3, -0.25) is 9.59 Å². The van der Waals surface area contributed by atoms with E-state index in [2.05, 4.69) is 15.6 Å². The summed E-state index contributed by atoms with van der Waals surface area (Å²) in [6.07, 6.45) is 0.0587. The minimum Gasteiger partial charge on any atom is -0.497 e. The maximum absolute atomic E-state index is 12.5. The van der Waals surface area contributed by atoms with Crippen LogP contribution in [0.2, 0.25) is 0 Å². The number of fused-ring (bicyclic) bond motifs is 3. The molecule has 7 heteroatoms. The van der Waals surface area contributed by atoms with Gasteiger partial charge in [-0.2, -0.15) is 0 Å². The molecule has 2 heterocycles. The van der Waals surface area contributed by atoms with Crippen LogP contribution in [0.1, 0.15) is 11.2 Å². The molecule has 0 bridgehead atoms. The predicted molar refractivity (Wildman–Crippen MR) is 94.0 cm³/mol. The number of para-hydroxylation sites is 2. The van der Waals surface area contributed by atoms with E-state index in [1.807, 2.05) is 24.3 Å². The Labute approximate surface area is 143 Å². The van der Waals surface area contributed by atoms with E-state index in [1.165, 1.54) is 4.57 Å². The average molecular weight is 336 g/mol. The van der Waals surface area contributed by atoms with Crippen LogP contribution >= 0.6 is 0 Å². The zero-order chi connectivity index (χ0) is 17.4. The SMILES string of the molecule is COc1cccc(NC(=O)[C@@H]2CC(=O)n3c(nc4ccccc43)N2)c1. The Morgan fingerprint density at radius 2 is 2.12 bits per heavy atom. The number of methoxy groups -OCH3 is 1. The van der Waals surface area contributed by atoms with Crippen LogP contribution in [0.5, 0.6) is 5.75 Å². The van der Waals surface area contributed by atoms with Gasteiger partial charge in [0.05, 0.1) is 24.6 Å². The van der Waals surface area contributed by atoms with Crippen molar-refractivity contribution in [1.29, 1.82) is 0 Å². The molecule has 1 aromatic heterocycles. The van der Waals surface area contributed by atoms with Crippen LogP contribution in [0.4, 0.5) is 11.6 Å². The fraction of sp³-hybridized carbons (Fsp3) is 0.167. The molecule has 0 spiro atoms. The lowest BCUT2D eigenvalue weighted by atomic mass is 10.1. The first-order valence-electron chi connectivity index (χ1n) is 7.88. The number of nitrogens with one attached hydrogen (secondary N) is 2. The molecule has 0 unspecified atom stereocenters. The molecule has 1 aliphatic heterocycles. The molecule has 4 rings (SSSR count). The molecule has 126 valence electrons. The number of carbonyl (C=O) groups excluding carboxylic acids is 2. The van der Waals surface area contributed by atoms with Crippen molar-refractivity contribution in [3.05, 3.63) is 48.5 Å². The Bertz CT molecular complexity index is 979. The summed E-state index contributed by atoms with van der Waals surface area (Å²) in [7, 11) is 1.56. The third kappa shape index (κ3) is 2.69. The molecule has 3 aromatic rings. The smallest absolute Gasteiger partial charge is 0.247 e. The van der Waals surface area contributed by atoms with E-state index in [0.29, 0.717) is 22.9 Å². The Balaban J connectivity index is 1.58. The van der Waals surface area contributed by atoms with Crippen molar-refractivity contribution in [2.75, 3.05) is 17.7 Å². The third-order valence-corrected chi connectivity index (χ3v) is 4.15. The highest BCUT2D eigenvalue weighted by Gasteiger charge is 2.31. The van der Waals surface area contributed by atoms with E-state index in [4.69, 9.17) is 4.74 Å². The quantitative estimate of drug-likeness (QED) is 0.768. The summed E-state index contributed by atoms with van der Waals surface area (Å²) in [4.78, 5) is 29.4. The van der Waals surface area contributed by atoms with E-state index < -0.39 is 6.04 Å². The highest BCUT2D eigenvalue weighted by molar-refractivity contribution is 6.04. The molecule has 1 atom stereocenters. The Morgan fingerprint density at radius 1 is 1.28 bits per heavy atom. The van der Waals surface area contributed by atoms with Gasteiger partial charge >= 0.3 is 0 Å². The van der Waals surface area contributed by atoms with Gasteiger partial charge in [-0.25, -0.2) is 9.55 Å². The first-order valence-corrected chi connectivity index (χ1v) is 7.88. The second-order valence-electron chi connectivity index (χ2n) is 5.78. The highest BCUT2D eigenvalue weighted by Crippen LogP contribution is 2.25.